The summed E-state index contributed by atoms with van der Waals surface area (Å²) in [6, 6.07) is 2.89. The van der Waals surface area contributed by atoms with Gasteiger partial charge in [-0.3, -0.25) is 0 Å². The van der Waals surface area contributed by atoms with E-state index in [1.165, 1.54) is 12.1 Å². The maximum Gasteiger partial charge on any atom is 0.157 e. The molecule has 0 fully saturated rings. The van der Waals surface area contributed by atoms with Crippen LogP contribution in [0.25, 0.3) is 0 Å². The quantitative estimate of drug-likeness (QED) is 0.425. The second-order valence-electron chi connectivity index (χ2n) is 4.32. The number of phenols is 2. The second-order valence-corrected chi connectivity index (χ2v) is 4.32. The van der Waals surface area contributed by atoms with Crippen LogP contribution in [-0.2, 0) is 6.42 Å². The van der Waals surface area contributed by atoms with E-state index in [0.717, 1.165) is 24.8 Å². The first-order chi connectivity index (χ1) is 7.63. The number of hydrogen-bond acceptors (Lipinski definition) is 4. The molecule has 0 aromatic heterocycles. The number of aliphatic hydroxyl groups is 2. The molecular weight excluding hydrogens is 208 g/mol. The smallest absolute Gasteiger partial charge is 0.157 e. The lowest BCUT2D eigenvalue weighted by atomic mass is 9.93. The van der Waals surface area contributed by atoms with Crippen LogP contribution >= 0.6 is 0 Å². The van der Waals surface area contributed by atoms with Crippen molar-refractivity contribution in [1.29, 1.82) is 0 Å². The molecule has 2 atom stereocenters. The Labute approximate surface area is 93.8 Å². The molecular formula is C12H16O4. The Morgan fingerprint density at radius 1 is 1.19 bits per heavy atom. The van der Waals surface area contributed by atoms with Crippen molar-refractivity contribution in [3.63, 3.8) is 0 Å². The first-order valence-electron chi connectivity index (χ1n) is 5.47. The lowest BCUT2D eigenvalue weighted by Gasteiger charge is -2.19. The first-order valence-corrected chi connectivity index (χ1v) is 5.47. The van der Waals surface area contributed by atoms with Crippen LogP contribution in [0.3, 0.4) is 0 Å². The van der Waals surface area contributed by atoms with Crippen molar-refractivity contribution in [2.24, 2.45) is 5.92 Å². The van der Waals surface area contributed by atoms with Crippen LogP contribution in [0.2, 0.25) is 0 Å². The molecule has 1 aliphatic carbocycles. The van der Waals surface area contributed by atoms with Crippen LogP contribution in [0.4, 0.5) is 0 Å². The lowest BCUT2D eigenvalue weighted by molar-refractivity contribution is 0.0636. The van der Waals surface area contributed by atoms with Crippen LogP contribution in [0.5, 0.6) is 11.5 Å². The van der Waals surface area contributed by atoms with Gasteiger partial charge in [-0.25, -0.2) is 0 Å². The van der Waals surface area contributed by atoms with Crippen LogP contribution < -0.4 is 0 Å². The molecule has 4 N–H and O–H groups in total. The fraction of sp³-hybridized carbons (Fsp3) is 0.500. The van der Waals surface area contributed by atoms with Gasteiger partial charge in [0.2, 0.25) is 0 Å². The largest absolute Gasteiger partial charge is 0.504 e. The summed E-state index contributed by atoms with van der Waals surface area (Å²) in [6.07, 6.45) is 1.58. The average molecular weight is 224 g/mol. The van der Waals surface area contributed by atoms with Crippen LogP contribution in [0.15, 0.2) is 12.1 Å². The van der Waals surface area contributed by atoms with Gasteiger partial charge in [0.25, 0.3) is 0 Å². The van der Waals surface area contributed by atoms with E-state index in [4.69, 9.17) is 5.11 Å². The molecule has 1 aromatic rings. The molecule has 0 radical (unpaired) electrons. The molecule has 0 saturated carbocycles. The maximum absolute atomic E-state index is 10.1. The zero-order valence-corrected chi connectivity index (χ0v) is 8.93. The van der Waals surface area contributed by atoms with Crippen molar-refractivity contribution in [3.8, 4) is 11.5 Å². The number of phenolic OH excluding ortho intramolecular Hbond substituents is 2. The van der Waals surface area contributed by atoms with Gasteiger partial charge in [-0.1, -0.05) is 0 Å². The Morgan fingerprint density at radius 2 is 1.88 bits per heavy atom. The lowest BCUT2D eigenvalue weighted by Crippen LogP contribution is -2.15. The molecule has 16 heavy (non-hydrogen) atoms. The summed E-state index contributed by atoms with van der Waals surface area (Å²) in [7, 11) is 0. The van der Waals surface area contributed by atoms with Gasteiger partial charge in [0, 0.05) is 12.5 Å². The fourth-order valence-corrected chi connectivity index (χ4v) is 2.29. The van der Waals surface area contributed by atoms with Crippen molar-refractivity contribution in [2.45, 2.75) is 25.4 Å². The Bertz CT molecular complexity index is 389. The van der Waals surface area contributed by atoms with E-state index >= 15 is 0 Å². The number of fused-ring (bicyclic) bond motifs is 1. The predicted molar refractivity (Wildman–Crippen MR) is 58.2 cm³/mol. The first kappa shape index (κ1) is 11.2. The van der Waals surface area contributed by atoms with Gasteiger partial charge in [0.05, 0.1) is 6.10 Å². The second kappa shape index (κ2) is 4.31. The molecule has 0 bridgehead atoms. The van der Waals surface area contributed by atoms with Gasteiger partial charge >= 0.3 is 0 Å². The molecule has 0 spiro atoms. The van der Waals surface area contributed by atoms with Gasteiger partial charge in [-0.15, -0.1) is 0 Å². The van der Waals surface area contributed by atoms with Gasteiger partial charge in [0.15, 0.2) is 11.5 Å². The van der Waals surface area contributed by atoms with Crippen LogP contribution in [0, 0.1) is 5.92 Å². The highest BCUT2D eigenvalue weighted by atomic mass is 16.3. The standard InChI is InChI=1S/C12H16O4/c13-6-8-3-1-2-7-4-10(14)11(15)5-9(7)12(8)16/h4-5,8,12-16H,1-3,6H2/t8?,12-/m0/s1. The van der Waals surface area contributed by atoms with E-state index in [1.54, 1.807) is 0 Å². The summed E-state index contributed by atoms with van der Waals surface area (Å²) in [4.78, 5) is 0. The summed E-state index contributed by atoms with van der Waals surface area (Å²) in [5.74, 6) is -0.574. The zero-order valence-electron chi connectivity index (χ0n) is 8.93. The van der Waals surface area contributed by atoms with Gasteiger partial charge < -0.3 is 20.4 Å². The molecule has 0 aliphatic heterocycles. The predicted octanol–water partition coefficient (Wildman–Crippen LogP) is 1.08. The van der Waals surface area contributed by atoms with Crippen molar-refractivity contribution in [2.75, 3.05) is 6.61 Å². The van der Waals surface area contributed by atoms with Crippen molar-refractivity contribution >= 4 is 0 Å². The zero-order chi connectivity index (χ0) is 11.7. The number of aromatic hydroxyl groups is 2. The molecule has 4 nitrogen and oxygen atoms in total. The number of rotatable bonds is 1. The van der Waals surface area contributed by atoms with E-state index in [-0.39, 0.29) is 24.0 Å². The molecule has 1 aliphatic rings. The number of hydrogen-bond donors (Lipinski definition) is 4. The molecule has 1 unspecified atom stereocenters. The van der Waals surface area contributed by atoms with E-state index in [0.29, 0.717) is 5.56 Å². The topological polar surface area (TPSA) is 80.9 Å². The molecule has 1 aromatic carbocycles. The summed E-state index contributed by atoms with van der Waals surface area (Å²) >= 11 is 0. The van der Waals surface area contributed by atoms with E-state index in [2.05, 4.69) is 0 Å². The SMILES string of the molecule is OCC1CCCc2cc(O)c(O)cc2[C@H]1O. The molecule has 4 heteroatoms. The average Bonchev–Trinajstić information content (AvgIpc) is 2.41. The van der Waals surface area contributed by atoms with E-state index < -0.39 is 6.10 Å². The minimum atomic E-state index is -0.769. The minimum Gasteiger partial charge on any atom is -0.504 e. The highest BCUT2D eigenvalue weighted by Crippen LogP contribution is 2.38. The monoisotopic (exact) mass is 224 g/mol. The molecule has 2 rings (SSSR count). The Hall–Kier alpha value is -1.26. The Kier molecular flexibility index (Phi) is 3.03. The van der Waals surface area contributed by atoms with Crippen LogP contribution in [0.1, 0.15) is 30.1 Å². The minimum absolute atomic E-state index is 0.0672. The summed E-state index contributed by atoms with van der Waals surface area (Å²) in [5.41, 5.74) is 1.46. The third-order valence-electron chi connectivity index (χ3n) is 3.26. The highest BCUT2D eigenvalue weighted by molar-refractivity contribution is 5.47. The van der Waals surface area contributed by atoms with Crippen molar-refractivity contribution in [1.82, 2.24) is 0 Å². The highest BCUT2D eigenvalue weighted by Gasteiger charge is 2.26. The maximum atomic E-state index is 10.1. The van der Waals surface area contributed by atoms with Gasteiger partial charge in [-0.05, 0) is 42.5 Å². The van der Waals surface area contributed by atoms with Crippen molar-refractivity contribution < 1.29 is 20.4 Å². The third-order valence-corrected chi connectivity index (χ3v) is 3.26. The third kappa shape index (κ3) is 1.86. The molecule has 88 valence electrons. The summed E-state index contributed by atoms with van der Waals surface area (Å²) < 4.78 is 0. The van der Waals surface area contributed by atoms with Crippen LogP contribution in [-0.4, -0.2) is 27.0 Å². The molecule has 0 amide bonds. The number of aryl methyl sites for hydroxylation is 1. The normalized spacial score (nSPS) is 24.9. The van der Waals surface area contributed by atoms with E-state index in [1.807, 2.05) is 0 Å². The number of benzene rings is 1. The summed E-state index contributed by atoms with van der Waals surface area (Å²) in [5, 5.41) is 38.0. The van der Waals surface area contributed by atoms with E-state index in [9.17, 15) is 15.3 Å². The molecule has 0 heterocycles. The number of aliphatic hydroxyl groups excluding tert-OH is 2. The summed E-state index contributed by atoms with van der Waals surface area (Å²) in [6.45, 7) is -0.0672. The Morgan fingerprint density at radius 3 is 2.56 bits per heavy atom. The van der Waals surface area contributed by atoms with Gasteiger partial charge in [0.1, 0.15) is 0 Å². The fourth-order valence-electron chi connectivity index (χ4n) is 2.29. The Balaban J connectivity index is 2.44. The van der Waals surface area contributed by atoms with Gasteiger partial charge in [-0.2, -0.15) is 0 Å². The molecule has 0 saturated heterocycles. The van der Waals surface area contributed by atoms with Crippen molar-refractivity contribution in [3.05, 3.63) is 23.3 Å².